The summed E-state index contributed by atoms with van der Waals surface area (Å²) in [6, 6.07) is 4.50. The first kappa shape index (κ1) is 12.0. The van der Waals surface area contributed by atoms with Gasteiger partial charge in [0.2, 0.25) is 0 Å². The molecular formula is C12H18FNO. The maximum Gasteiger partial charge on any atom is 0.165 e. The molecule has 0 heterocycles. The van der Waals surface area contributed by atoms with Gasteiger partial charge >= 0.3 is 0 Å². The first-order valence-corrected chi connectivity index (χ1v) is 5.11. The smallest absolute Gasteiger partial charge is 0.165 e. The van der Waals surface area contributed by atoms with E-state index in [-0.39, 0.29) is 11.3 Å². The molecule has 15 heavy (non-hydrogen) atoms. The van der Waals surface area contributed by atoms with Gasteiger partial charge in [0.1, 0.15) is 0 Å². The van der Waals surface area contributed by atoms with Gasteiger partial charge in [-0.05, 0) is 51.4 Å². The van der Waals surface area contributed by atoms with Crippen molar-refractivity contribution in [1.29, 1.82) is 0 Å². The Morgan fingerprint density at radius 3 is 2.53 bits per heavy atom. The van der Waals surface area contributed by atoms with E-state index in [9.17, 15) is 4.39 Å². The van der Waals surface area contributed by atoms with Crippen LogP contribution in [0.1, 0.15) is 26.3 Å². The molecule has 0 unspecified atom stereocenters. The van der Waals surface area contributed by atoms with E-state index in [0.29, 0.717) is 0 Å². The van der Waals surface area contributed by atoms with Crippen molar-refractivity contribution in [3.8, 4) is 5.75 Å². The third-order valence-corrected chi connectivity index (χ3v) is 2.08. The number of halogens is 1. The van der Waals surface area contributed by atoms with E-state index in [0.717, 1.165) is 18.5 Å². The number of hydrogen-bond donors (Lipinski definition) is 2. The van der Waals surface area contributed by atoms with Gasteiger partial charge < -0.3 is 10.4 Å². The predicted molar refractivity (Wildman–Crippen MR) is 59.5 cm³/mol. The number of phenols is 1. The first-order valence-electron chi connectivity index (χ1n) is 5.11. The minimum Gasteiger partial charge on any atom is -0.505 e. The number of benzene rings is 1. The molecular weight excluding hydrogens is 193 g/mol. The number of hydrogen-bond acceptors (Lipinski definition) is 2. The summed E-state index contributed by atoms with van der Waals surface area (Å²) in [5.41, 5.74) is 0.970. The molecule has 2 nitrogen and oxygen atoms in total. The first-order chi connectivity index (χ1) is 6.88. The topological polar surface area (TPSA) is 32.3 Å². The van der Waals surface area contributed by atoms with Gasteiger partial charge in [-0.3, -0.25) is 0 Å². The zero-order valence-electron chi connectivity index (χ0n) is 9.47. The minimum absolute atomic E-state index is 0.0788. The average molecular weight is 211 g/mol. The molecule has 1 aromatic rings. The van der Waals surface area contributed by atoms with Gasteiger partial charge in [-0.15, -0.1) is 0 Å². The van der Waals surface area contributed by atoms with Crippen LogP contribution in [0.5, 0.6) is 5.75 Å². The molecule has 0 saturated carbocycles. The molecule has 0 aliphatic heterocycles. The minimum atomic E-state index is -0.553. The van der Waals surface area contributed by atoms with E-state index in [1.165, 1.54) is 12.1 Å². The van der Waals surface area contributed by atoms with Crippen molar-refractivity contribution in [3.63, 3.8) is 0 Å². The number of rotatable bonds is 3. The van der Waals surface area contributed by atoms with Crippen LogP contribution in [-0.4, -0.2) is 17.2 Å². The van der Waals surface area contributed by atoms with Crippen LogP contribution in [0.3, 0.4) is 0 Å². The van der Waals surface area contributed by atoms with E-state index < -0.39 is 5.82 Å². The second-order valence-electron chi connectivity index (χ2n) is 4.71. The van der Waals surface area contributed by atoms with E-state index >= 15 is 0 Å². The highest BCUT2D eigenvalue weighted by molar-refractivity contribution is 5.28. The highest BCUT2D eigenvalue weighted by Gasteiger charge is 2.08. The second kappa shape index (κ2) is 4.62. The Labute approximate surface area is 90.1 Å². The fourth-order valence-corrected chi connectivity index (χ4v) is 1.29. The molecule has 0 atom stereocenters. The average Bonchev–Trinajstić information content (AvgIpc) is 2.09. The van der Waals surface area contributed by atoms with E-state index in [1.807, 2.05) is 0 Å². The molecule has 0 aliphatic rings. The molecule has 1 rings (SSSR count). The van der Waals surface area contributed by atoms with Gasteiger partial charge in [0.05, 0.1) is 0 Å². The van der Waals surface area contributed by atoms with Gasteiger partial charge in [-0.25, -0.2) is 4.39 Å². The predicted octanol–water partition coefficient (Wildman–Crippen LogP) is 2.46. The molecule has 2 N–H and O–H groups in total. The van der Waals surface area contributed by atoms with Gasteiger partial charge in [-0.1, -0.05) is 6.07 Å². The van der Waals surface area contributed by atoms with E-state index in [2.05, 4.69) is 26.1 Å². The maximum absolute atomic E-state index is 13.0. The molecule has 0 radical (unpaired) electrons. The fraction of sp³-hybridized carbons (Fsp3) is 0.500. The Hall–Kier alpha value is -1.09. The zero-order chi connectivity index (χ0) is 11.5. The molecule has 3 heteroatoms. The van der Waals surface area contributed by atoms with Crippen LogP contribution < -0.4 is 5.32 Å². The largest absolute Gasteiger partial charge is 0.505 e. The van der Waals surface area contributed by atoms with Gasteiger partial charge in [-0.2, -0.15) is 0 Å². The Morgan fingerprint density at radius 1 is 1.33 bits per heavy atom. The van der Waals surface area contributed by atoms with Crippen molar-refractivity contribution in [1.82, 2.24) is 5.32 Å². The van der Waals surface area contributed by atoms with Crippen LogP contribution in [0.2, 0.25) is 0 Å². The normalized spacial score (nSPS) is 11.7. The number of nitrogens with one attached hydrogen (secondary N) is 1. The highest BCUT2D eigenvalue weighted by Crippen LogP contribution is 2.16. The van der Waals surface area contributed by atoms with Crippen molar-refractivity contribution in [2.45, 2.75) is 32.7 Å². The maximum atomic E-state index is 13.0. The van der Waals surface area contributed by atoms with Crippen LogP contribution in [0.4, 0.5) is 4.39 Å². The lowest BCUT2D eigenvalue weighted by atomic mass is 10.1. The lowest BCUT2D eigenvalue weighted by Gasteiger charge is -2.20. The third kappa shape index (κ3) is 4.30. The standard InChI is InChI=1S/C12H18FNO/c1-12(2,3)14-7-6-9-4-5-11(15)10(13)8-9/h4-5,8,14-15H,6-7H2,1-3H3. The van der Waals surface area contributed by atoms with Crippen LogP contribution >= 0.6 is 0 Å². The summed E-state index contributed by atoms with van der Waals surface area (Å²) in [5.74, 6) is -0.842. The molecule has 0 fully saturated rings. The van der Waals surface area contributed by atoms with Gasteiger partial charge in [0.15, 0.2) is 11.6 Å². The molecule has 0 saturated heterocycles. The molecule has 84 valence electrons. The summed E-state index contributed by atoms with van der Waals surface area (Å²) < 4.78 is 13.0. The Balaban J connectivity index is 2.48. The molecule has 0 aliphatic carbocycles. The Morgan fingerprint density at radius 2 is 2.00 bits per heavy atom. The third-order valence-electron chi connectivity index (χ3n) is 2.08. The fourth-order valence-electron chi connectivity index (χ4n) is 1.29. The van der Waals surface area contributed by atoms with Gasteiger partial charge in [0.25, 0.3) is 0 Å². The summed E-state index contributed by atoms with van der Waals surface area (Å²) in [7, 11) is 0. The van der Waals surface area contributed by atoms with E-state index in [4.69, 9.17) is 5.11 Å². The molecule has 1 aromatic carbocycles. The zero-order valence-corrected chi connectivity index (χ0v) is 9.47. The summed E-state index contributed by atoms with van der Waals surface area (Å²) in [6.07, 6.45) is 0.758. The molecule has 0 aromatic heterocycles. The highest BCUT2D eigenvalue weighted by atomic mass is 19.1. The molecule has 0 spiro atoms. The summed E-state index contributed by atoms with van der Waals surface area (Å²) in [4.78, 5) is 0. The monoisotopic (exact) mass is 211 g/mol. The van der Waals surface area contributed by atoms with Crippen LogP contribution in [0, 0.1) is 5.82 Å². The summed E-state index contributed by atoms with van der Waals surface area (Å²) in [6.45, 7) is 7.06. The van der Waals surface area contributed by atoms with Crippen molar-refractivity contribution in [2.24, 2.45) is 0 Å². The van der Waals surface area contributed by atoms with Crippen molar-refractivity contribution >= 4 is 0 Å². The second-order valence-corrected chi connectivity index (χ2v) is 4.71. The number of phenolic OH excluding ortho intramolecular Hbond substituents is 1. The van der Waals surface area contributed by atoms with Crippen LogP contribution in [0.25, 0.3) is 0 Å². The lowest BCUT2D eigenvalue weighted by molar-refractivity contribution is 0.425. The SMILES string of the molecule is CC(C)(C)NCCc1ccc(O)c(F)c1. The number of aromatic hydroxyl groups is 1. The molecule has 0 bridgehead atoms. The molecule has 0 amide bonds. The Bertz CT molecular complexity index is 331. The van der Waals surface area contributed by atoms with Crippen LogP contribution in [0.15, 0.2) is 18.2 Å². The summed E-state index contributed by atoms with van der Waals surface area (Å²) in [5, 5.41) is 12.3. The lowest BCUT2D eigenvalue weighted by Crippen LogP contribution is -2.37. The Kier molecular flexibility index (Phi) is 3.69. The quantitative estimate of drug-likeness (QED) is 0.805. The summed E-state index contributed by atoms with van der Waals surface area (Å²) >= 11 is 0. The van der Waals surface area contributed by atoms with Crippen molar-refractivity contribution in [2.75, 3.05) is 6.54 Å². The van der Waals surface area contributed by atoms with E-state index in [1.54, 1.807) is 6.07 Å². The van der Waals surface area contributed by atoms with Gasteiger partial charge in [0, 0.05) is 5.54 Å². The van der Waals surface area contributed by atoms with Crippen molar-refractivity contribution < 1.29 is 9.50 Å². The van der Waals surface area contributed by atoms with Crippen LogP contribution in [-0.2, 0) is 6.42 Å². The van der Waals surface area contributed by atoms with Crippen molar-refractivity contribution in [3.05, 3.63) is 29.6 Å².